The lowest BCUT2D eigenvalue weighted by molar-refractivity contribution is -0.167. The molecular weight excluding hydrogens is 913 g/mol. The molecule has 0 aromatic heterocycles. The third kappa shape index (κ3) is 60.2. The number of carbonyl (C=O) groups excluding carboxylic acids is 3. The molecule has 0 aliphatic carbocycles. The van der Waals surface area contributed by atoms with Gasteiger partial charge < -0.3 is 14.2 Å². The maximum atomic E-state index is 12.9. The Kier molecular flexibility index (Phi) is 60.7. The number of unbranched alkanes of at least 4 members (excludes halogenated alkanes) is 41. The quantitative estimate of drug-likeness (QED) is 0.0261. The summed E-state index contributed by atoms with van der Waals surface area (Å²) in [4.78, 5) is 38.3. The first kappa shape index (κ1) is 71.4. The van der Waals surface area contributed by atoms with Gasteiger partial charge >= 0.3 is 17.9 Å². The third-order valence-electron chi connectivity index (χ3n) is 14.6. The van der Waals surface area contributed by atoms with Crippen LogP contribution >= 0.6 is 0 Å². The highest BCUT2D eigenvalue weighted by atomic mass is 16.6. The van der Waals surface area contributed by atoms with Gasteiger partial charge in [-0.2, -0.15) is 0 Å². The summed E-state index contributed by atoms with van der Waals surface area (Å²) in [5.41, 5.74) is 0. The van der Waals surface area contributed by atoms with Gasteiger partial charge in [0.15, 0.2) is 6.10 Å². The van der Waals surface area contributed by atoms with Crippen LogP contribution in [0.5, 0.6) is 0 Å². The van der Waals surface area contributed by atoms with Crippen molar-refractivity contribution in [1.82, 2.24) is 0 Å². The number of hydrogen-bond acceptors (Lipinski definition) is 6. The minimum atomic E-state index is -0.779. The number of ether oxygens (including phenoxy) is 3. The molecule has 1 atom stereocenters. The SMILES string of the molecule is CC/C=C\C/C=C\C/C=C\CCCCCCCCCC(=O)OC(COC(=O)CCCCCCCCC/C=C\CCCCCCCC)COC(=O)CCCCCCCCCCCCCCCCCCCCCCCC. The molecule has 6 nitrogen and oxygen atoms in total. The van der Waals surface area contributed by atoms with E-state index in [0.717, 1.165) is 83.5 Å². The predicted octanol–water partition coefficient (Wildman–Crippen LogP) is 22.2. The number of rotatable bonds is 60. The standard InChI is InChI=1S/C68H124O6/c1-4-7-10-13-16-19-22-25-28-31-32-33-34-35-38-40-43-46-49-52-55-58-61-67(70)73-64-65(74-68(71)62-59-56-53-50-47-44-41-37-30-27-24-21-18-15-12-9-6-3)63-72-66(69)60-57-54-51-48-45-42-39-36-29-26-23-20-17-14-11-8-5-2/h9,12,18,21,26-27,29-30,65H,4-8,10-11,13-17,19-20,22-25,28,31-64H2,1-3H3/b12-9-,21-18-,29-26-,30-27-. The van der Waals surface area contributed by atoms with Gasteiger partial charge in [0.1, 0.15) is 13.2 Å². The van der Waals surface area contributed by atoms with E-state index in [-0.39, 0.29) is 31.1 Å². The number of carbonyl (C=O) groups is 3. The summed E-state index contributed by atoms with van der Waals surface area (Å²) in [5.74, 6) is -0.867. The second-order valence-corrected chi connectivity index (χ2v) is 22.0. The van der Waals surface area contributed by atoms with E-state index in [9.17, 15) is 14.4 Å². The van der Waals surface area contributed by atoms with Crippen LogP contribution in [0.2, 0.25) is 0 Å². The summed E-state index contributed by atoms with van der Waals surface area (Å²) in [7, 11) is 0. The second-order valence-electron chi connectivity index (χ2n) is 22.0. The molecule has 432 valence electrons. The van der Waals surface area contributed by atoms with Crippen LogP contribution in [0.25, 0.3) is 0 Å². The Morgan fingerprint density at radius 3 is 0.838 bits per heavy atom. The summed E-state index contributed by atoms with van der Waals surface area (Å²) in [6.45, 7) is 6.57. The highest BCUT2D eigenvalue weighted by molar-refractivity contribution is 5.71. The van der Waals surface area contributed by atoms with Crippen LogP contribution in [-0.4, -0.2) is 37.2 Å². The van der Waals surface area contributed by atoms with E-state index < -0.39 is 6.10 Å². The lowest BCUT2D eigenvalue weighted by Crippen LogP contribution is -2.30. The molecule has 0 aliphatic rings. The van der Waals surface area contributed by atoms with Gasteiger partial charge in [-0.05, 0) is 77.0 Å². The van der Waals surface area contributed by atoms with Gasteiger partial charge in [0, 0.05) is 19.3 Å². The van der Waals surface area contributed by atoms with E-state index in [2.05, 4.69) is 69.4 Å². The molecular formula is C68H124O6. The normalized spacial score (nSPS) is 12.3. The summed E-state index contributed by atoms with van der Waals surface area (Å²) in [6.07, 6.45) is 78.3. The number of allylic oxidation sites excluding steroid dienone is 8. The summed E-state index contributed by atoms with van der Waals surface area (Å²) >= 11 is 0. The van der Waals surface area contributed by atoms with E-state index in [1.54, 1.807) is 0 Å². The number of esters is 3. The molecule has 0 bridgehead atoms. The zero-order valence-electron chi connectivity index (χ0n) is 49.6. The molecule has 6 heteroatoms. The maximum Gasteiger partial charge on any atom is 0.306 e. The Morgan fingerprint density at radius 1 is 0.284 bits per heavy atom. The first-order valence-electron chi connectivity index (χ1n) is 32.6. The van der Waals surface area contributed by atoms with Crippen LogP contribution in [0.1, 0.15) is 348 Å². The van der Waals surface area contributed by atoms with Crippen molar-refractivity contribution in [2.24, 2.45) is 0 Å². The van der Waals surface area contributed by atoms with Crippen LogP contribution in [0.3, 0.4) is 0 Å². The average Bonchev–Trinajstić information content (AvgIpc) is 3.40. The molecule has 1 unspecified atom stereocenters. The minimum absolute atomic E-state index is 0.0748. The molecule has 0 radical (unpaired) electrons. The monoisotopic (exact) mass is 1040 g/mol. The number of hydrogen-bond donors (Lipinski definition) is 0. The van der Waals surface area contributed by atoms with Gasteiger partial charge in [-0.1, -0.05) is 301 Å². The Labute approximate surface area is 460 Å². The van der Waals surface area contributed by atoms with E-state index in [4.69, 9.17) is 14.2 Å². The van der Waals surface area contributed by atoms with Crippen molar-refractivity contribution in [2.45, 2.75) is 354 Å². The van der Waals surface area contributed by atoms with Crippen molar-refractivity contribution >= 4 is 17.9 Å². The molecule has 0 aromatic carbocycles. The molecule has 0 N–H and O–H groups in total. The summed E-state index contributed by atoms with van der Waals surface area (Å²) < 4.78 is 17.0. The van der Waals surface area contributed by atoms with E-state index >= 15 is 0 Å². The molecule has 0 saturated heterocycles. The topological polar surface area (TPSA) is 78.9 Å². The molecule has 0 rings (SSSR count). The van der Waals surface area contributed by atoms with Gasteiger partial charge in [0.25, 0.3) is 0 Å². The fourth-order valence-electron chi connectivity index (χ4n) is 9.69. The molecule has 0 heterocycles. The first-order valence-corrected chi connectivity index (χ1v) is 32.6. The van der Waals surface area contributed by atoms with Gasteiger partial charge in [0.05, 0.1) is 0 Å². The Hall–Kier alpha value is -2.63. The Balaban J connectivity index is 4.32. The lowest BCUT2D eigenvalue weighted by atomic mass is 10.0. The van der Waals surface area contributed by atoms with Crippen molar-refractivity contribution in [3.05, 3.63) is 48.6 Å². The molecule has 0 amide bonds. The average molecular weight is 1040 g/mol. The fraction of sp³-hybridized carbons (Fsp3) is 0.838. The van der Waals surface area contributed by atoms with Crippen LogP contribution < -0.4 is 0 Å². The van der Waals surface area contributed by atoms with Crippen LogP contribution in [0.4, 0.5) is 0 Å². The molecule has 0 aliphatic heterocycles. The van der Waals surface area contributed by atoms with Crippen LogP contribution in [0.15, 0.2) is 48.6 Å². The molecule has 0 saturated carbocycles. The maximum absolute atomic E-state index is 12.9. The van der Waals surface area contributed by atoms with Crippen LogP contribution in [0, 0.1) is 0 Å². The van der Waals surface area contributed by atoms with E-state index in [0.29, 0.717) is 19.3 Å². The van der Waals surface area contributed by atoms with Gasteiger partial charge in [-0.25, -0.2) is 0 Å². The lowest BCUT2D eigenvalue weighted by Gasteiger charge is -2.18. The van der Waals surface area contributed by atoms with Gasteiger partial charge in [0.2, 0.25) is 0 Å². The highest BCUT2D eigenvalue weighted by Crippen LogP contribution is 2.18. The predicted molar refractivity (Wildman–Crippen MR) is 321 cm³/mol. The fourth-order valence-corrected chi connectivity index (χ4v) is 9.69. The highest BCUT2D eigenvalue weighted by Gasteiger charge is 2.19. The van der Waals surface area contributed by atoms with Crippen molar-refractivity contribution in [3.63, 3.8) is 0 Å². The minimum Gasteiger partial charge on any atom is -0.462 e. The summed E-state index contributed by atoms with van der Waals surface area (Å²) in [6, 6.07) is 0. The van der Waals surface area contributed by atoms with E-state index in [1.807, 2.05) is 0 Å². The Morgan fingerprint density at radius 2 is 0.527 bits per heavy atom. The van der Waals surface area contributed by atoms with Crippen molar-refractivity contribution in [3.8, 4) is 0 Å². The summed E-state index contributed by atoms with van der Waals surface area (Å²) in [5, 5.41) is 0. The van der Waals surface area contributed by atoms with Crippen LogP contribution in [-0.2, 0) is 28.6 Å². The van der Waals surface area contributed by atoms with E-state index in [1.165, 1.54) is 225 Å². The van der Waals surface area contributed by atoms with Crippen molar-refractivity contribution < 1.29 is 28.6 Å². The molecule has 74 heavy (non-hydrogen) atoms. The zero-order chi connectivity index (χ0) is 53.6. The molecule has 0 spiro atoms. The van der Waals surface area contributed by atoms with Crippen molar-refractivity contribution in [1.29, 1.82) is 0 Å². The largest absolute Gasteiger partial charge is 0.462 e. The first-order chi connectivity index (χ1) is 36.5. The van der Waals surface area contributed by atoms with Gasteiger partial charge in [-0.3, -0.25) is 14.4 Å². The van der Waals surface area contributed by atoms with Gasteiger partial charge in [-0.15, -0.1) is 0 Å². The second kappa shape index (κ2) is 62.9. The molecule has 0 fully saturated rings. The Bertz CT molecular complexity index is 1280. The zero-order valence-corrected chi connectivity index (χ0v) is 49.6. The smallest absolute Gasteiger partial charge is 0.306 e. The molecule has 0 aromatic rings. The third-order valence-corrected chi connectivity index (χ3v) is 14.6. The van der Waals surface area contributed by atoms with Crippen molar-refractivity contribution in [2.75, 3.05) is 13.2 Å².